The fourth-order valence-corrected chi connectivity index (χ4v) is 2.87. The largest absolute Gasteiger partial charge is 0.384 e. The molecule has 0 atom stereocenters. The molecule has 0 saturated heterocycles. The number of aromatic nitrogens is 1. The Morgan fingerprint density at radius 3 is 1.96 bits per heavy atom. The van der Waals surface area contributed by atoms with Crippen LogP contribution in [0, 0.1) is 0 Å². The van der Waals surface area contributed by atoms with Crippen LogP contribution in [-0.4, -0.2) is 18.1 Å². The van der Waals surface area contributed by atoms with Gasteiger partial charge in [0.25, 0.3) is 0 Å². The molecule has 122 valence electrons. The van der Waals surface area contributed by atoms with Crippen LogP contribution in [-0.2, 0) is 0 Å². The van der Waals surface area contributed by atoms with Crippen molar-refractivity contribution in [2.24, 2.45) is 5.73 Å². The number of halogens is 1. The SMILES string of the molecule is Cl.NCCCCCCNc1c2ccccc2nc2ccccc12. The van der Waals surface area contributed by atoms with Crippen LogP contribution in [0.2, 0.25) is 0 Å². The van der Waals surface area contributed by atoms with Crippen LogP contribution in [0.1, 0.15) is 25.7 Å². The molecule has 0 radical (unpaired) electrons. The van der Waals surface area contributed by atoms with Gasteiger partial charge in [0.05, 0.1) is 16.7 Å². The van der Waals surface area contributed by atoms with E-state index in [2.05, 4.69) is 41.7 Å². The van der Waals surface area contributed by atoms with Crippen molar-refractivity contribution in [1.82, 2.24) is 4.98 Å². The fraction of sp³-hybridized carbons (Fsp3) is 0.316. The summed E-state index contributed by atoms with van der Waals surface area (Å²) in [5, 5.41) is 6.03. The number of rotatable bonds is 7. The van der Waals surface area contributed by atoms with Crippen LogP contribution >= 0.6 is 12.4 Å². The van der Waals surface area contributed by atoms with E-state index in [0.717, 1.165) is 30.5 Å². The second kappa shape index (κ2) is 8.70. The maximum atomic E-state index is 5.54. The highest BCUT2D eigenvalue weighted by molar-refractivity contribution is 6.07. The Morgan fingerprint density at radius 2 is 1.35 bits per heavy atom. The number of nitrogens with two attached hydrogens (primary N) is 1. The van der Waals surface area contributed by atoms with E-state index in [4.69, 9.17) is 10.7 Å². The highest BCUT2D eigenvalue weighted by Gasteiger charge is 2.07. The minimum atomic E-state index is 0. The Hall–Kier alpha value is -1.84. The van der Waals surface area contributed by atoms with Crippen LogP contribution in [0.15, 0.2) is 48.5 Å². The number of pyridine rings is 1. The summed E-state index contributed by atoms with van der Waals surface area (Å²) >= 11 is 0. The molecule has 0 amide bonds. The lowest BCUT2D eigenvalue weighted by atomic mass is 10.1. The molecule has 0 saturated carbocycles. The van der Waals surface area contributed by atoms with Gasteiger partial charge in [-0.15, -0.1) is 12.4 Å². The predicted octanol–water partition coefficient (Wildman–Crippen LogP) is 4.74. The van der Waals surface area contributed by atoms with Gasteiger partial charge in [0.15, 0.2) is 0 Å². The van der Waals surface area contributed by atoms with E-state index in [-0.39, 0.29) is 12.4 Å². The number of para-hydroxylation sites is 2. The van der Waals surface area contributed by atoms with E-state index in [0.29, 0.717) is 0 Å². The molecule has 0 aliphatic heterocycles. The summed E-state index contributed by atoms with van der Waals surface area (Å²) in [5.41, 5.74) is 8.84. The Balaban J connectivity index is 0.00000192. The van der Waals surface area contributed by atoms with Crippen LogP contribution in [0.25, 0.3) is 21.8 Å². The van der Waals surface area contributed by atoms with Crippen LogP contribution in [0.4, 0.5) is 5.69 Å². The van der Waals surface area contributed by atoms with E-state index in [1.54, 1.807) is 0 Å². The molecule has 3 aromatic rings. The van der Waals surface area contributed by atoms with Crippen molar-refractivity contribution in [1.29, 1.82) is 0 Å². The van der Waals surface area contributed by atoms with Gasteiger partial charge in [-0.05, 0) is 31.5 Å². The second-order valence-corrected chi connectivity index (χ2v) is 5.65. The predicted molar refractivity (Wildman–Crippen MR) is 103 cm³/mol. The normalized spacial score (nSPS) is 10.7. The molecule has 0 unspecified atom stereocenters. The van der Waals surface area contributed by atoms with Crippen molar-refractivity contribution in [3.63, 3.8) is 0 Å². The van der Waals surface area contributed by atoms with Gasteiger partial charge in [-0.25, -0.2) is 4.98 Å². The number of hydrogen-bond acceptors (Lipinski definition) is 3. The molecule has 4 heteroatoms. The van der Waals surface area contributed by atoms with Crippen molar-refractivity contribution in [2.75, 3.05) is 18.4 Å². The van der Waals surface area contributed by atoms with Crippen LogP contribution in [0.5, 0.6) is 0 Å². The van der Waals surface area contributed by atoms with Crippen molar-refractivity contribution < 1.29 is 0 Å². The van der Waals surface area contributed by atoms with Crippen LogP contribution < -0.4 is 11.1 Å². The zero-order valence-corrected chi connectivity index (χ0v) is 14.1. The molecule has 3 N–H and O–H groups in total. The lowest BCUT2D eigenvalue weighted by Crippen LogP contribution is -2.04. The van der Waals surface area contributed by atoms with Crippen LogP contribution in [0.3, 0.4) is 0 Å². The molecule has 1 aromatic heterocycles. The summed E-state index contributed by atoms with van der Waals surface area (Å²) in [6.07, 6.45) is 4.74. The van der Waals surface area contributed by atoms with E-state index >= 15 is 0 Å². The Kier molecular flexibility index (Phi) is 6.63. The molecule has 3 rings (SSSR count). The fourth-order valence-electron chi connectivity index (χ4n) is 2.87. The molecule has 0 bridgehead atoms. The number of anilines is 1. The first-order chi connectivity index (χ1) is 10.9. The van der Waals surface area contributed by atoms with Gasteiger partial charge in [0.1, 0.15) is 0 Å². The van der Waals surface area contributed by atoms with E-state index < -0.39 is 0 Å². The summed E-state index contributed by atoms with van der Waals surface area (Å²) in [6.45, 7) is 1.79. The summed E-state index contributed by atoms with van der Waals surface area (Å²) in [6, 6.07) is 16.7. The maximum absolute atomic E-state index is 5.54. The summed E-state index contributed by atoms with van der Waals surface area (Å²) in [7, 11) is 0. The smallest absolute Gasteiger partial charge is 0.0730 e. The van der Waals surface area contributed by atoms with E-state index in [9.17, 15) is 0 Å². The lowest BCUT2D eigenvalue weighted by molar-refractivity contribution is 0.662. The van der Waals surface area contributed by atoms with Gasteiger partial charge >= 0.3 is 0 Å². The highest BCUT2D eigenvalue weighted by Crippen LogP contribution is 2.30. The topological polar surface area (TPSA) is 50.9 Å². The Bertz CT molecular complexity index is 704. The molecule has 0 fully saturated rings. The number of fused-ring (bicyclic) bond motifs is 2. The lowest BCUT2D eigenvalue weighted by Gasteiger charge is -2.13. The van der Waals surface area contributed by atoms with Crippen molar-refractivity contribution in [3.05, 3.63) is 48.5 Å². The first-order valence-corrected chi connectivity index (χ1v) is 8.11. The zero-order chi connectivity index (χ0) is 15.2. The first kappa shape index (κ1) is 17.5. The quantitative estimate of drug-likeness (QED) is 0.486. The van der Waals surface area contributed by atoms with Gasteiger partial charge < -0.3 is 11.1 Å². The third kappa shape index (κ3) is 4.12. The monoisotopic (exact) mass is 329 g/mol. The van der Waals surface area contributed by atoms with Gasteiger partial charge in [-0.2, -0.15) is 0 Å². The molecule has 23 heavy (non-hydrogen) atoms. The third-order valence-corrected chi connectivity index (χ3v) is 4.02. The van der Waals surface area contributed by atoms with Gasteiger partial charge in [0.2, 0.25) is 0 Å². The summed E-state index contributed by atoms with van der Waals surface area (Å²) < 4.78 is 0. The average Bonchev–Trinajstić information content (AvgIpc) is 2.57. The average molecular weight is 330 g/mol. The van der Waals surface area contributed by atoms with E-state index in [1.807, 2.05) is 12.1 Å². The number of unbranched alkanes of at least 4 members (excludes halogenated alkanes) is 3. The minimum absolute atomic E-state index is 0. The zero-order valence-electron chi connectivity index (χ0n) is 13.3. The maximum Gasteiger partial charge on any atom is 0.0730 e. The number of nitrogens with one attached hydrogen (secondary N) is 1. The number of benzene rings is 2. The van der Waals surface area contributed by atoms with Crippen molar-refractivity contribution >= 4 is 39.9 Å². The standard InChI is InChI=1S/C19H23N3.ClH/c20-13-7-1-2-8-14-21-19-15-9-3-5-11-17(15)22-18-12-6-4-10-16(18)19;/h3-6,9-12H,1-2,7-8,13-14,20H2,(H,21,22);1H. The van der Waals surface area contributed by atoms with Gasteiger partial charge in [-0.3, -0.25) is 0 Å². The second-order valence-electron chi connectivity index (χ2n) is 5.65. The number of hydrogen-bond donors (Lipinski definition) is 2. The summed E-state index contributed by atoms with van der Waals surface area (Å²) in [4.78, 5) is 4.75. The Morgan fingerprint density at radius 1 is 0.783 bits per heavy atom. The number of nitrogens with zero attached hydrogens (tertiary/aromatic N) is 1. The molecule has 0 spiro atoms. The van der Waals surface area contributed by atoms with Gasteiger partial charge in [-0.1, -0.05) is 49.2 Å². The molecule has 0 aliphatic rings. The van der Waals surface area contributed by atoms with E-state index in [1.165, 1.54) is 35.7 Å². The van der Waals surface area contributed by atoms with Crippen molar-refractivity contribution in [3.8, 4) is 0 Å². The first-order valence-electron chi connectivity index (χ1n) is 8.11. The molecule has 3 nitrogen and oxygen atoms in total. The highest BCUT2D eigenvalue weighted by atomic mass is 35.5. The molecule has 2 aromatic carbocycles. The molecule has 1 heterocycles. The molecular weight excluding hydrogens is 306 g/mol. The third-order valence-electron chi connectivity index (χ3n) is 4.02. The van der Waals surface area contributed by atoms with Gasteiger partial charge in [0, 0.05) is 17.3 Å². The van der Waals surface area contributed by atoms with Crippen molar-refractivity contribution in [2.45, 2.75) is 25.7 Å². The minimum Gasteiger partial charge on any atom is -0.384 e. The Labute approximate surface area is 143 Å². The molecular formula is C19H24ClN3. The summed E-state index contributed by atoms with van der Waals surface area (Å²) in [5.74, 6) is 0. The molecule has 0 aliphatic carbocycles.